The van der Waals surface area contributed by atoms with E-state index in [-0.39, 0.29) is 24.7 Å². The number of sulfonamides is 1. The Morgan fingerprint density at radius 2 is 1.67 bits per heavy atom. The average Bonchev–Trinajstić information content (AvgIpc) is 2.55. The lowest BCUT2D eigenvalue weighted by molar-refractivity contribution is -0.124. The van der Waals surface area contributed by atoms with E-state index in [0.717, 1.165) is 0 Å². The molecule has 128 valence electrons. The van der Waals surface area contributed by atoms with Crippen LogP contribution in [0, 0.1) is 0 Å². The molecule has 8 heteroatoms. The molecule has 0 aliphatic rings. The topological polar surface area (TPSA) is 81.7 Å². The van der Waals surface area contributed by atoms with E-state index in [1.807, 2.05) is 22.9 Å². The first-order valence-corrected chi connectivity index (χ1v) is 8.90. The maximum Gasteiger partial charge on any atom is 0.264 e. The standard InChI is InChI=1S/C16H16ClNO5S/c17-13-6-8-15(9-7-13)24(20,21)18-16(19)12-22-10-11-23-14-4-2-1-3-5-14/h1-9H,10-12H2,(H,18,19). The molecule has 0 aliphatic heterocycles. The van der Waals surface area contributed by atoms with Crippen molar-refractivity contribution in [1.29, 1.82) is 0 Å². The Bertz CT molecular complexity index is 763. The average molecular weight is 370 g/mol. The van der Waals surface area contributed by atoms with E-state index in [1.54, 1.807) is 12.1 Å². The van der Waals surface area contributed by atoms with Gasteiger partial charge in [-0.3, -0.25) is 4.79 Å². The summed E-state index contributed by atoms with van der Waals surface area (Å²) in [5, 5.41) is 0.405. The second-order valence-electron chi connectivity index (χ2n) is 4.70. The van der Waals surface area contributed by atoms with Crippen molar-refractivity contribution in [3.63, 3.8) is 0 Å². The second kappa shape index (κ2) is 8.68. The highest BCUT2D eigenvalue weighted by Crippen LogP contribution is 2.13. The highest BCUT2D eigenvalue weighted by molar-refractivity contribution is 7.90. The molecule has 0 radical (unpaired) electrons. The first-order chi connectivity index (χ1) is 11.5. The van der Waals surface area contributed by atoms with Gasteiger partial charge in [0.1, 0.15) is 19.0 Å². The number of carbonyl (C=O) groups excluding carboxylic acids is 1. The molecule has 6 nitrogen and oxygen atoms in total. The highest BCUT2D eigenvalue weighted by atomic mass is 35.5. The van der Waals surface area contributed by atoms with Crippen molar-refractivity contribution in [2.24, 2.45) is 0 Å². The number of amides is 1. The molecule has 0 saturated heterocycles. The monoisotopic (exact) mass is 369 g/mol. The fraction of sp³-hybridized carbons (Fsp3) is 0.188. The minimum absolute atomic E-state index is 0.0485. The Morgan fingerprint density at radius 3 is 2.33 bits per heavy atom. The molecular formula is C16H16ClNO5S. The van der Waals surface area contributed by atoms with Gasteiger partial charge in [0.25, 0.3) is 15.9 Å². The molecule has 2 aromatic carbocycles. The van der Waals surface area contributed by atoms with Gasteiger partial charge < -0.3 is 9.47 Å². The summed E-state index contributed by atoms with van der Waals surface area (Å²) in [6, 6.07) is 14.6. The zero-order chi connectivity index (χ0) is 17.4. The lowest BCUT2D eigenvalue weighted by atomic mass is 10.3. The molecule has 0 aliphatic carbocycles. The van der Waals surface area contributed by atoms with E-state index in [9.17, 15) is 13.2 Å². The van der Waals surface area contributed by atoms with Gasteiger partial charge in [0.2, 0.25) is 0 Å². The highest BCUT2D eigenvalue weighted by Gasteiger charge is 2.17. The molecule has 0 spiro atoms. The Labute approximate surface area is 145 Å². The predicted octanol–water partition coefficient (Wildman–Crippen LogP) is 2.24. The van der Waals surface area contributed by atoms with Gasteiger partial charge in [0, 0.05) is 5.02 Å². The van der Waals surface area contributed by atoms with Crippen LogP contribution in [0.1, 0.15) is 0 Å². The van der Waals surface area contributed by atoms with E-state index in [4.69, 9.17) is 21.1 Å². The normalized spacial score (nSPS) is 11.0. The minimum Gasteiger partial charge on any atom is -0.491 e. The van der Waals surface area contributed by atoms with E-state index >= 15 is 0 Å². The number of rotatable bonds is 8. The quantitative estimate of drug-likeness (QED) is 0.722. The van der Waals surface area contributed by atoms with E-state index < -0.39 is 15.9 Å². The summed E-state index contributed by atoms with van der Waals surface area (Å²) in [5.41, 5.74) is 0. The van der Waals surface area contributed by atoms with Gasteiger partial charge in [0.05, 0.1) is 11.5 Å². The Morgan fingerprint density at radius 1 is 1.00 bits per heavy atom. The number of benzene rings is 2. The van der Waals surface area contributed by atoms with Crippen molar-refractivity contribution in [2.45, 2.75) is 4.90 Å². The van der Waals surface area contributed by atoms with Gasteiger partial charge in [-0.05, 0) is 36.4 Å². The van der Waals surface area contributed by atoms with Crippen LogP contribution in [0.3, 0.4) is 0 Å². The molecule has 0 atom stereocenters. The number of para-hydroxylation sites is 1. The lowest BCUT2D eigenvalue weighted by Crippen LogP contribution is -2.33. The third-order valence-corrected chi connectivity index (χ3v) is 4.49. The van der Waals surface area contributed by atoms with Crippen molar-refractivity contribution >= 4 is 27.5 Å². The van der Waals surface area contributed by atoms with Gasteiger partial charge in [0.15, 0.2) is 0 Å². The number of hydrogen-bond acceptors (Lipinski definition) is 5. The molecular weight excluding hydrogens is 354 g/mol. The van der Waals surface area contributed by atoms with Crippen LogP contribution in [0.25, 0.3) is 0 Å². The second-order valence-corrected chi connectivity index (χ2v) is 6.82. The predicted molar refractivity (Wildman–Crippen MR) is 89.5 cm³/mol. The smallest absolute Gasteiger partial charge is 0.264 e. The zero-order valence-electron chi connectivity index (χ0n) is 12.6. The molecule has 0 fully saturated rings. The molecule has 1 amide bonds. The van der Waals surface area contributed by atoms with Crippen LogP contribution >= 0.6 is 11.6 Å². The number of ether oxygens (including phenoxy) is 2. The van der Waals surface area contributed by atoms with Crippen LogP contribution in [0.4, 0.5) is 0 Å². The molecule has 24 heavy (non-hydrogen) atoms. The summed E-state index contributed by atoms with van der Waals surface area (Å²) in [5.74, 6) is -0.0690. The molecule has 0 saturated carbocycles. The number of carbonyl (C=O) groups is 1. The fourth-order valence-corrected chi connectivity index (χ4v) is 2.85. The first kappa shape index (κ1) is 18.3. The van der Waals surface area contributed by atoms with Gasteiger partial charge in [-0.2, -0.15) is 0 Å². The van der Waals surface area contributed by atoms with Crippen LogP contribution in [-0.4, -0.2) is 34.1 Å². The molecule has 2 aromatic rings. The summed E-state index contributed by atoms with van der Waals surface area (Å²) in [6.07, 6.45) is 0. The lowest BCUT2D eigenvalue weighted by Gasteiger charge is -2.08. The van der Waals surface area contributed by atoms with Crippen LogP contribution in [-0.2, 0) is 19.6 Å². The summed E-state index contributed by atoms with van der Waals surface area (Å²) >= 11 is 5.70. The maximum atomic E-state index is 12.0. The molecule has 0 aromatic heterocycles. The third-order valence-electron chi connectivity index (χ3n) is 2.84. The van der Waals surface area contributed by atoms with Gasteiger partial charge in [-0.25, -0.2) is 13.1 Å². The van der Waals surface area contributed by atoms with Crippen LogP contribution in [0.5, 0.6) is 5.75 Å². The van der Waals surface area contributed by atoms with Crippen molar-refractivity contribution < 1.29 is 22.7 Å². The zero-order valence-corrected chi connectivity index (χ0v) is 14.2. The van der Waals surface area contributed by atoms with Crippen LogP contribution < -0.4 is 9.46 Å². The Balaban J connectivity index is 1.72. The van der Waals surface area contributed by atoms with E-state index in [0.29, 0.717) is 10.8 Å². The summed E-state index contributed by atoms with van der Waals surface area (Å²) in [7, 11) is -3.93. The van der Waals surface area contributed by atoms with Crippen LogP contribution in [0.15, 0.2) is 59.5 Å². The van der Waals surface area contributed by atoms with Gasteiger partial charge in [-0.1, -0.05) is 29.8 Å². The summed E-state index contributed by atoms with van der Waals surface area (Å²) < 4.78 is 36.3. The van der Waals surface area contributed by atoms with Crippen molar-refractivity contribution in [1.82, 2.24) is 4.72 Å². The summed E-state index contributed by atoms with van der Waals surface area (Å²) in [6.45, 7) is 0.0233. The van der Waals surface area contributed by atoms with Crippen molar-refractivity contribution in [3.8, 4) is 5.75 Å². The third kappa shape index (κ3) is 5.84. The first-order valence-electron chi connectivity index (χ1n) is 7.04. The van der Waals surface area contributed by atoms with Crippen molar-refractivity contribution in [2.75, 3.05) is 19.8 Å². The molecule has 0 heterocycles. The number of halogens is 1. The van der Waals surface area contributed by atoms with Crippen LogP contribution in [0.2, 0.25) is 5.02 Å². The van der Waals surface area contributed by atoms with E-state index in [2.05, 4.69) is 0 Å². The molecule has 0 unspecified atom stereocenters. The Hall–Kier alpha value is -2.09. The molecule has 2 rings (SSSR count). The Kier molecular flexibility index (Phi) is 6.60. The maximum absolute atomic E-state index is 12.0. The largest absolute Gasteiger partial charge is 0.491 e. The van der Waals surface area contributed by atoms with Gasteiger partial charge in [-0.15, -0.1) is 0 Å². The van der Waals surface area contributed by atoms with Gasteiger partial charge >= 0.3 is 0 Å². The van der Waals surface area contributed by atoms with E-state index in [1.165, 1.54) is 24.3 Å². The number of nitrogens with one attached hydrogen (secondary N) is 1. The SMILES string of the molecule is O=C(COCCOc1ccccc1)NS(=O)(=O)c1ccc(Cl)cc1. The fourth-order valence-electron chi connectivity index (χ4n) is 1.75. The number of hydrogen-bond donors (Lipinski definition) is 1. The molecule has 1 N–H and O–H groups in total. The van der Waals surface area contributed by atoms with Crippen molar-refractivity contribution in [3.05, 3.63) is 59.6 Å². The minimum atomic E-state index is -3.93. The molecule has 0 bridgehead atoms. The summed E-state index contributed by atoms with van der Waals surface area (Å²) in [4.78, 5) is 11.6.